The van der Waals surface area contributed by atoms with Crippen LogP contribution in [0.3, 0.4) is 0 Å². The molecule has 0 atom stereocenters. The Bertz CT molecular complexity index is 1170. The van der Waals surface area contributed by atoms with Crippen molar-refractivity contribution in [2.24, 2.45) is 7.05 Å². The van der Waals surface area contributed by atoms with Crippen LogP contribution in [0.5, 0.6) is 0 Å². The fourth-order valence-electron chi connectivity index (χ4n) is 4.07. The molecule has 0 bridgehead atoms. The fraction of sp³-hybridized carbons (Fsp3) is 0.318. The molecule has 0 radical (unpaired) electrons. The molecule has 7 nitrogen and oxygen atoms in total. The molecule has 0 spiro atoms. The van der Waals surface area contributed by atoms with Crippen LogP contribution in [0.1, 0.15) is 20.9 Å². The zero-order chi connectivity index (χ0) is 20.7. The van der Waals surface area contributed by atoms with Gasteiger partial charge in [0.15, 0.2) is 11.4 Å². The molecule has 154 valence electrons. The summed E-state index contributed by atoms with van der Waals surface area (Å²) >= 11 is 1.78. The average Bonchev–Trinajstić information content (AvgIpc) is 3.51. The molecule has 1 amide bonds. The smallest absolute Gasteiger partial charge is 0.254 e. The first kappa shape index (κ1) is 19.0. The van der Waals surface area contributed by atoms with Gasteiger partial charge < -0.3 is 9.32 Å². The van der Waals surface area contributed by atoms with Gasteiger partial charge in [-0.1, -0.05) is 6.07 Å². The van der Waals surface area contributed by atoms with E-state index in [4.69, 9.17) is 9.40 Å². The standard InChI is InChI=1S/C22H23N5O2S/c1-15-20-17(13-18(19-6-3-11-29-19)23-21(20)25(2)24-15)22(28)27-9-7-26(8-10-27)14-16-5-4-12-30-16/h3-6,11-13H,7-10,14H2,1-2H3. The Balaban J connectivity index is 1.43. The van der Waals surface area contributed by atoms with Crippen molar-refractivity contribution in [2.45, 2.75) is 13.5 Å². The van der Waals surface area contributed by atoms with E-state index >= 15 is 0 Å². The molecule has 1 aliphatic heterocycles. The quantitative estimate of drug-likeness (QED) is 0.504. The summed E-state index contributed by atoms with van der Waals surface area (Å²) in [5.74, 6) is 0.674. The van der Waals surface area contributed by atoms with Crippen molar-refractivity contribution < 1.29 is 9.21 Å². The highest BCUT2D eigenvalue weighted by Crippen LogP contribution is 2.28. The number of carbonyl (C=O) groups is 1. The normalized spacial score (nSPS) is 15.2. The molecule has 0 unspecified atom stereocenters. The van der Waals surface area contributed by atoms with Crippen LogP contribution in [0, 0.1) is 6.92 Å². The summed E-state index contributed by atoms with van der Waals surface area (Å²) in [5, 5.41) is 7.43. The Hall–Kier alpha value is -2.97. The van der Waals surface area contributed by atoms with Crippen molar-refractivity contribution in [3.63, 3.8) is 0 Å². The number of thiophene rings is 1. The predicted molar refractivity (Wildman–Crippen MR) is 116 cm³/mol. The molecular formula is C22H23N5O2S. The van der Waals surface area contributed by atoms with E-state index in [9.17, 15) is 4.79 Å². The zero-order valence-electron chi connectivity index (χ0n) is 17.0. The van der Waals surface area contributed by atoms with Crippen LogP contribution in [0.25, 0.3) is 22.5 Å². The molecule has 30 heavy (non-hydrogen) atoms. The van der Waals surface area contributed by atoms with Crippen LogP contribution in [-0.4, -0.2) is 56.7 Å². The van der Waals surface area contributed by atoms with Gasteiger partial charge in [0, 0.05) is 44.6 Å². The summed E-state index contributed by atoms with van der Waals surface area (Å²) in [7, 11) is 1.85. The minimum atomic E-state index is 0.0297. The van der Waals surface area contributed by atoms with Gasteiger partial charge in [0.05, 0.1) is 22.9 Å². The number of nitrogens with zero attached hydrogens (tertiary/aromatic N) is 5. The molecule has 4 aromatic rings. The number of carbonyl (C=O) groups excluding carboxylic acids is 1. The second-order valence-electron chi connectivity index (χ2n) is 7.59. The summed E-state index contributed by atoms with van der Waals surface area (Å²) in [6.07, 6.45) is 1.62. The van der Waals surface area contributed by atoms with Gasteiger partial charge in [-0.05, 0) is 36.6 Å². The van der Waals surface area contributed by atoms with E-state index < -0.39 is 0 Å². The first-order valence-electron chi connectivity index (χ1n) is 10.0. The van der Waals surface area contributed by atoms with Gasteiger partial charge in [-0.25, -0.2) is 4.98 Å². The third kappa shape index (κ3) is 3.42. The fourth-order valence-corrected chi connectivity index (χ4v) is 4.81. The predicted octanol–water partition coefficient (Wildman–Crippen LogP) is 3.56. The number of furan rings is 1. The summed E-state index contributed by atoms with van der Waals surface area (Å²) in [6.45, 7) is 6.03. The molecule has 0 aromatic carbocycles. The third-order valence-electron chi connectivity index (χ3n) is 5.59. The number of fused-ring (bicyclic) bond motifs is 1. The summed E-state index contributed by atoms with van der Waals surface area (Å²) < 4.78 is 7.27. The number of piperazine rings is 1. The van der Waals surface area contributed by atoms with E-state index in [0.29, 0.717) is 35.8 Å². The summed E-state index contributed by atoms with van der Waals surface area (Å²) in [4.78, 5) is 24.0. The number of amides is 1. The largest absolute Gasteiger partial charge is 0.463 e. The van der Waals surface area contributed by atoms with Crippen molar-refractivity contribution in [3.05, 3.63) is 58.1 Å². The Morgan fingerprint density at radius 3 is 2.73 bits per heavy atom. The Morgan fingerprint density at radius 2 is 2.03 bits per heavy atom. The van der Waals surface area contributed by atoms with E-state index in [1.54, 1.807) is 22.3 Å². The number of rotatable bonds is 4. The van der Waals surface area contributed by atoms with Gasteiger partial charge in [0.25, 0.3) is 5.91 Å². The van der Waals surface area contributed by atoms with Crippen LogP contribution in [0.15, 0.2) is 46.4 Å². The van der Waals surface area contributed by atoms with Gasteiger partial charge in [0.2, 0.25) is 0 Å². The maximum Gasteiger partial charge on any atom is 0.254 e. The number of hydrogen-bond donors (Lipinski definition) is 0. The van der Waals surface area contributed by atoms with Crippen molar-refractivity contribution in [1.82, 2.24) is 24.6 Å². The van der Waals surface area contributed by atoms with Crippen molar-refractivity contribution in [1.29, 1.82) is 0 Å². The molecule has 8 heteroatoms. The van der Waals surface area contributed by atoms with Gasteiger partial charge in [-0.15, -0.1) is 11.3 Å². The molecule has 5 heterocycles. The lowest BCUT2D eigenvalue weighted by atomic mass is 10.1. The van der Waals surface area contributed by atoms with E-state index in [1.165, 1.54) is 4.88 Å². The molecule has 1 aliphatic rings. The molecule has 0 aliphatic carbocycles. The first-order valence-corrected chi connectivity index (χ1v) is 10.9. The highest BCUT2D eigenvalue weighted by atomic mass is 32.1. The van der Waals surface area contributed by atoms with Crippen LogP contribution in [-0.2, 0) is 13.6 Å². The molecule has 1 saturated heterocycles. The number of pyridine rings is 1. The third-order valence-corrected chi connectivity index (χ3v) is 6.45. The second-order valence-corrected chi connectivity index (χ2v) is 8.62. The highest BCUT2D eigenvalue weighted by Gasteiger charge is 2.26. The Morgan fingerprint density at radius 1 is 1.20 bits per heavy atom. The molecule has 5 rings (SSSR count). The van der Waals surface area contributed by atoms with Crippen molar-refractivity contribution in [3.8, 4) is 11.5 Å². The van der Waals surface area contributed by atoms with Crippen LogP contribution < -0.4 is 0 Å². The lowest BCUT2D eigenvalue weighted by Crippen LogP contribution is -2.48. The molecule has 0 saturated carbocycles. The lowest BCUT2D eigenvalue weighted by molar-refractivity contribution is 0.0631. The first-order chi connectivity index (χ1) is 14.6. The minimum absolute atomic E-state index is 0.0297. The van der Waals surface area contributed by atoms with Gasteiger partial charge in [0.1, 0.15) is 5.69 Å². The zero-order valence-corrected chi connectivity index (χ0v) is 17.9. The van der Waals surface area contributed by atoms with E-state index in [-0.39, 0.29) is 5.91 Å². The minimum Gasteiger partial charge on any atom is -0.463 e. The summed E-state index contributed by atoms with van der Waals surface area (Å²) in [6, 6.07) is 9.77. The van der Waals surface area contributed by atoms with Crippen molar-refractivity contribution in [2.75, 3.05) is 26.2 Å². The molecule has 4 aromatic heterocycles. The van der Waals surface area contributed by atoms with E-state index in [1.807, 2.05) is 37.1 Å². The topological polar surface area (TPSA) is 67.4 Å². The maximum atomic E-state index is 13.5. The number of aryl methyl sites for hydroxylation is 2. The Kier molecular flexibility index (Phi) is 4.88. The molecular weight excluding hydrogens is 398 g/mol. The van der Waals surface area contributed by atoms with Crippen molar-refractivity contribution >= 4 is 28.3 Å². The van der Waals surface area contributed by atoms with Gasteiger partial charge >= 0.3 is 0 Å². The van der Waals surface area contributed by atoms with Crippen LogP contribution in [0.2, 0.25) is 0 Å². The Labute approximate surface area is 178 Å². The SMILES string of the molecule is Cc1nn(C)c2nc(-c3ccco3)cc(C(=O)N3CCN(Cc4cccs4)CC3)c12. The maximum absolute atomic E-state index is 13.5. The van der Waals surface area contributed by atoms with Gasteiger partial charge in [-0.3, -0.25) is 14.4 Å². The van der Waals surface area contributed by atoms with Crippen LogP contribution in [0.4, 0.5) is 0 Å². The molecule has 1 fully saturated rings. The highest BCUT2D eigenvalue weighted by molar-refractivity contribution is 7.09. The summed E-state index contributed by atoms with van der Waals surface area (Å²) in [5.41, 5.74) is 2.80. The lowest BCUT2D eigenvalue weighted by Gasteiger charge is -2.34. The number of hydrogen-bond acceptors (Lipinski definition) is 6. The van der Waals surface area contributed by atoms with Gasteiger partial charge in [-0.2, -0.15) is 5.10 Å². The van der Waals surface area contributed by atoms with E-state index in [2.05, 4.69) is 27.5 Å². The number of aromatic nitrogens is 3. The monoisotopic (exact) mass is 421 g/mol. The average molecular weight is 422 g/mol. The van der Waals surface area contributed by atoms with Crippen LogP contribution >= 0.6 is 11.3 Å². The second kappa shape index (κ2) is 7.70. The van der Waals surface area contributed by atoms with E-state index in [0.717, 1.165) is 30.7 Å². The molecule has 0 N–H and O–H groups in total.